The van der Waals surface area contributed by atoms with Crippen LogP contribution in [0.4, 0.5) is 0 Å². The lowest BCUT2D eigenvalue weighted by Crippen LogP contribution is -2.35. The van der Waals surface area contributed by atoms with Crippen molar-refractivity contribution in [3.63, 3.8) is 0 Å². The maximum absolute atomic E-state index is 11.1. The number of hydrogen-bond acceptors (Lipinski definition) is 3. The molecule has 1 rings (SSSR count). The lowest BCUT2D eigenvalue weighted by Gasteiger charge is -2.20. The molecule has 16 heavy (non-hydrogen) atoms. The van der Waals surface area contributed by atoms with Crippen molar-refractivity contribution >= 4 is 11.9 Å². The van der Waals surface area contributed by atoms with Gasteiger partial charge in [0.1, 0.15) is 6.42 Å². The van der Waals surface area contributed by atoms with Gasteiger partial charge in [-0.3, -0.25) is 9.59 Å². The Bertz CT molecular complexity index is 250. The van der Waals surface area contributed by atoms with E-state index in [1.165, 1.54) is 12.8 Å². The molecule has 0 aliphatic carbocycles. The van der Waals surface area contributed by atoms with Crippen LogP contribution in [-0.2, 0) is 9.59 Å². The topological polar surface area (TPSA) is 69.6 Å². The predicted molar refractivity (Wildman–Crippen MR) is 60.1 cm³/mol. The number of carboxylic acids is 1. The van der Waals surface area contributed by atoms with Gasteiger partial charge in [-0.15, -0.1) is 0 Å². The summed E-state index contributed by atoms with van der Waals surface area (Å²) in [5.41, 5.74) is 0. The number of likely N-dealkylation sites (tertiary alicyclic amines) is 1. The minimum atomic E-state index is -1.08. The van der Waals surface area contributed by atoms with Crippen molar-refractivity contribution in [1.82, 2.24) is 10.2 Å². The summed E-state index contributed by atoms with van der Waals surface area (Å²) in [5, 5.41) is 11.1. The van der Waals surface area contributed by atoms with Crippen molar-refractivity contribution in [2.24, 2.45) is 5.92 Å². The Labute approximate surface area is 95.8 Å². The Kier molecular flexibility index (Phi) is 5.25. The molecular weight excluding hydrogens is 208 g/mol. The Morgan fingerprint density at radius 1 is 1.38 bits per heavy atom. The second-order valence-electron chi connectivity index (χ2n) is 4.49. The molecule has 0 aromatic carbocycles. The second kappa shape index (κ2) is 6.48. The third kappa shape index (κ3) is 5.11. The molecule has 1 unspecified atom stereocenters. The third-order valence-electron chi connectivity index (χ3n) is 2.73. The van der Waals surface area contributed by atoms with E-state index >= 15 is 0 Å². The van der Waals surface area contributed by atoms with Gasteiger partial charge in [-0.2, -0.15) is 0 Å². The molecule has 1 amide bonds. The maximum atomic E-state index is 11.1. The second-order valence-corrected chi connectivity index (χ2v) is 4.49. The lowest BCUT2D eigenvalue weighted by atomic mass is 10.1. The summed E-state index contributed by atoms with van der Waals surface area (Å²) in [6.07, 6.45) is 2.09. The third-order valence-corrected chi connectivity index (χ3v) is 2.73. The van der Waals surface area contributed by atoms with Crippen LogP contribution in [0.1, 0.15) is 26.2 Å². The normalized spacial score (nSPS) is 18.3. The van der Waals surface area contributed by atoms with Gasteiger partial charge in [0.15, 0.2) is 0 Å². The van der Waals surface area contributed by atoms with Crippen molar-refractivity contribution in [1.29, 1.82) is 0 Å². The number of aliphatic carboxylic acids is 1. The number of hydrogen-bond donors (Lipinski definition) is 2. The fourth-order valence-corrected chi connectivity index (χ4v) is 1.96. The average Bonchev–Trinajstić information content (AvgIpc) is 2.66. The quantitative estimate of drug-likeness (QED) is 0.642. The molecule has 5 heteroatoms. The Morgan fingerprint density at radius 2 is 2.00 bits per heavy atom. The molecule has 0 aromatic heterocycles. The summed E-state index contributed by atoms with van der Waals surface area (Å²) in [6.45, 7) is 5.90. The van der Waals surface area contributed by atoms with Gasteiger partial charge >= 0.3 is 5.97 Å². The van der Waals surface area contributed by atoms with Crippen molar-refractivity contribution in [3.8, 4) is 0 Å². The number of nitrogens with one attached hydrogen (secondary N) is 1. The van der Waals surface area contributed by atoms with Crippen LogP contribution in [0.3, 0.4) is 0 Å². The molecule has 1 atom stereocenters. The summed E-state index contributed by atoms with van der Waals surface area (Å²) in [5.74, 6) is -1.11. The molecule has 2 N–H and O–H groups in total. The van der Waals surface area contributed by atoms with E-state index in [4.69, 9.17) is 5.11 Å². The van der Waals surface area contributed by atoms with E-state index < -0.39 is 18.3 Å². The molecule has 0 spiro atoms. The molecule has 1 saturated heterocycles. The largest absolute Gasteiger partial charge is 0.481 e. The zero-order valence-corrected chi connectivity index (χ0v) is 9.74. The van der Waals surface area contributed by atoms with E-state index in [-0.39, 0.29) is 0 Å². The molecule has 1 aliphatic heterocycles. The van der Waals surface area contributed by atoms with Gasteiger partial charge in [0.25, 0.3) is 0 Å². The van der Waals surface area contributed by atoms with Crippen LogP contribution < -0.4 is 5.32 Å². The van der Waals surface area contributed by atoms with Gasteiger partial charge < -0.3 is 15.3 Å². The summed E-state index contributed by atoms with van der Waals surface area (Å²) in [6, 6.07) is 0. The highest BCUT2D eigenvalue weighted by molar-refractivity contribution is 5.93. The number of rotatable bonds is 6. The predicted octanol–water partition coefficient (Wildman–Crippen LogP) is 0.309. The molecule has 0 saturated carbocycles. The first-order valence-electron chi connectivity index (χ1n) is 5.79. The number of amides is 1. The van der Waals surface area contributed by atoms with Gasteiger partial charge in [-0.25, -0.2) is 0 Å². The molecule has 1 fully saturated rings. The van der Waals surface area contributed by atoms with Crippen molar-refractivity contribution in [3.05, 3.63) is 0 Å². The summed E-state index contributed by atoms with van der Waals surface area (Å²) >= 11 is 0. The highest BCUT2D eigenvalue weighted by atomic mass is 16.4. The fourth-order valence-electron chi connectivity index (χ4n) is 1.96. The number of carboxylic acid groups (broad SMARTS) is 1. The monoisotopic (exact) mass is 228 g/mol. The van der Waals surface area contributed by atoms with Crippen LogP contribution in [-0.4, -0.2) is 48.1 Å². The van der Waals surface area contributed by atoms with Crippen molar-refractivity contribution in [2.45, 2.75) is 26.2 Å². The summed E-state index contributed by atoms with van der Waals surface area (Å²) in [7, 11) is 0. The van der Waals surface area contributed by atoms with Crippen LogP contribution in [0.5, 0.6) is 0 Å². The Hall–Kier alpha value is -1.10. The number of nitrogens with zero attached hydrogens (tertiary/aromatic N) is 1. The summed E-state index contributed by atoms with van der Waals surface area (Å²) in [4.78, 5) is 23.7. The zero-order valence-electron chi connectivity index (χ0n) is 9.74. The number of carbonyl (C=O) groups is 2. The summed E-state index contributed by atoms with van der Waals surface area (Å²) < 4.78 is 0. The lowest BCUT2D eigenvalue weighted by molar-refractivity contribution is -0.140. The van der Waals surface area contributed by atoms with Crippen LogP contribution in [0, 0.1) is 5.92 Å². The van der Waals surface area contributed by atoms with E-state index in [0.717, 1.165) is 19.6 Å². The minimum absolute atomic E-state index is 0.371. The first-order valence-corrected chi connectivity index (χ1v) is 5.79. The van der Waals surface area contributed by atoms with E-state index in [1.54, 1.807) is 0 Å². The molecule has 0 aromatic rings. The molecule has 1 aliphatic rings. The van der Waals surface area contributed by atoms with Crippen LogP contribution in [0.25, 0.3) is 0 Å². The minimum Gasteiger partial charge on any atom is -0.481 e. The van der Waals surface area contributed by atoms with E-state index in [9.17, 15) is 9.59 Å². The van der Waals surface area contributed by atoms with Crippen LogP contribution >= 0.6 is 0 Å². The van der Waals surface area contributed by atoms with Crippen molar-refractivity contribution in [2.75, 3.05) is 26.2 Å². The SMILES string of the molecule is CC(CNC(=O)CC(=O)O)CN1CCCC1. The van der Waals surface area contributed by atoms with Gasteiger partial charge in [0.05, 0.1) is 0 Å². The van der Waals surface area contributed by atoms with Gasteiger partial charge in [0.2, 0.25) is 5.91 Å². The van der Waals surface area contributed by atoms with E-state index in [0.29, 0.717) is 12.5 Å². The fraction of sp³-hybridized carbons (Fsp3) is 0.818. The standard InChI is InChI=1S/C11H20N2O3/c1-9(8-13-4-2-3-5-13)7-12-10(14)6-11(15)16/h9H,2-8H2,1H3,(H,12,14)(H,15,16). The van der Waals surface area contributed by atoms with Crippen LogP contribution in [0.2, 0.25) is 0 Å². The highest BCUT2D eigenvalue weighted by Gasteiger charge is 2.15. The zero-order chi connectivity index (χ0) is 12.0. The van der Waals surface area contributed by atoms with Gasteiger partial charge in [-0.05, 0) is 31.8 Å². The Morgan fingerprint density at radius 3 is 2.56 bits per heavy atom. The molecule has 0 radical (unpaired) electrons. The molecular formula is C11H20N2O3. The molecule has 5 nitrogen and oxygen atoms in total. The highest BCUT2D eigenvalue weighted by Crippen LogP contribution is 2.09. The first-order chi connectivity index (χ1) is 7.58. The number of carbonyl (C=O) groups excluding carboxylic acids is 1. The smallest absolute Gasteiger partial charge is 0.312 e. The van der Waals surface area contributed by atoms with Crippen LogP contribution in [0.15, 0.2) is 0 Å². The van der Waals surface area contributed by atoms with E-state index in [1.807, 2.05) is 0 Å². The van der Waals surface area contributed by atoms with Gasteiger partial charge in [0, 0.05) is 13.1 Å². The van der Waals surface area contributed by atoms with Crippen molar-refractivity contribution < 1.29 is 14.7 Å². The molecule has 92 valence electrons. The van der Waals surface area contributed by atoms with E-state index in [2.05, 4.69) is 17.1 Å². The first kappa shape index (κ1) is 13.0. The van der Waals surface area contributed by atoms with Gasteiger partial charge in [-0.1, -0.05) is 6.92 Å². The maximum Gasteiger partial charge on any atom is 0.312 e. The Balaban J connectivity index is 2.11. The average molecular weight is 228 g/mol. The molecule has 1 heterocycles. The molecule has 0 bridgehead atoms.